The summed E-state index contributed by atoms with van der Waals surface area (Å²) in [4.78, 5) is 27.5. The van der Waals surface area contributed by atoms with Gasteiger partial charge in [-0.05, 0) is 24.7 Å². The van der Waals surface area contributed by atoms with Gasteiger partial charge in [-0.1, -0.05) is 13.8 Å². The molecule has 0 bridgehead atoms. The van der Waals surface area contributed by atoms with Crippen LogP contribution in [0.25, 0.3) is 0 Å². The number of hydrogen-bond acceptors (Lipinski definition) is 4. The summed E-state index contributed by atoms with van der Waals surface area (Å²) in [7, 11) is 1.39. The lowest BCUT2D eigenvalue weighted by Crippen LogP contribution is -2.39. The second-order valence-electron chi connectivity index (χ2n) is 5.90. The fourth-order valence-corrected chi connectivity index (χ4v) is 3.30. The van der Waals surface area contributed by atoms with Crippen molar-refractivity contribution in [1.29, 1.82) is 0 Å². The molecular formula is C12H18N2O3. The summed E-state index contributed by atoms with van der Waals surface area (Å²) in [6, 6.07) is -0.0223. The summed E-state index contributed by atoms with van der Waals surface area (Å²) in [5.41, 5.74) is -0.0497. The van der Waals surface area contributed by atoms with Gasteiger partial charge in [-0.25, -0.2) is 14.6 Å². The summed E-state index contributed by atoms with van der Waals surface area (Å²) in [5, 5.41) is 0. The predicted molar refractivity (Wildman–Crippen MR) is 61.4 cm³/mol. The molecule has 2 fully saturated rings. The molecule has 0 aromatic carbocycles. The summed E-state index contributed by atoms with van der Waals surface area (Å²) in [6.07, 6.45) is 3.93. The molecule has 0 aromatic heterocycles. The topological polar surface area (TPSA) is 58.7 Å². The molecular weight excluding hydrogens is 220 g/mol. The zero-order chi connectivity index (χ0) is 12.7. The Balaban J connectivity index is 2.14. The molecule has 1 aliphatic heterocycles. The van der Waals surface area contributed by atoms with Gasteiger partial charge in [0, 0.05) is 6.54 Å². The maximum atomic E-state index is 11.5. The number of methoxy groups -OCH3 is 1. The number of nitrogens with zero attached hydrogens (tertiary/aromatic N) is 2. The molecule has 5 nitrogen and oxygen atoms in total. The van der Waals surface area contributed by atoms with E-state index in [1.807, 2.05) is 0 Å². The van der Waals surface area contributed by atoms with Crippen LogP contribution in [0.4, 0.5) is 4.79 Å². The van der Waals surface area contributed by atoms with E-state index >= 15 is 0 Å². The molecule has 1 amide bonds. The van der Waals surface area contributed by atoms with Crippen LogP contribution in [0.1, 0.15) is 33.1 Å². The van der Waals surface area contributed by atoms with Crippen molar-refractivity contribution in [3.05, 3.63) is 0 Å². The fraction of sp³-hybridized carbons (Fsp3) is 0.833. The number of carbonyl (C=O) groups is 1. The van der Waals surface area contributed by atoms with Crippen LogP contribution >= 0.6 is 0 Å². The molecule has 0 N–H and O–H groups in total. The molecule has 0 radical (unpaired) electrons. The lowest BCUT2D eigenvalue weighted by molar-refractivity contribution is 0.121. The average molecular weight is 238 g/mol. The van der Waals surface area contributed by atoms with Gasteiger partial charge in [0.15, 0.2) is 0 Å². The van der Waals surface area contributed by atoms with Crippen molar-refractivity contribution in [2.45, 2.75) is 44.7 Å². The Morgan fingerprint density at radius 2 is 2.18 bits per heavy atom. The van der Waals surface area contributed by atoms with Gasteiger partial charge in [0.05, 0.1) is 18.7 Å². The van der Waals surface area contributed by atoms with Crippen molar-refractivity contribution in [1.82, 2.24) is 4.90 Å². The number of isocyanates is 1. The maximum Gasteiger partial charge on any atom is 0.410 e. The Morgan fingerprint density at radius 1 is 1.47 bits per heavy atom. The molecule has 5 heteroatoms. The van der Waals surface area contributed by atoms with Crippen LogP contribution < -0.4 is 0 Å². The van der Waals surface area contributed by atoms with Crippen LogP contribution in [0, 0.1) is 5.41 Å². The van der Waals surface area contributed by atoms with Crippen LogP contribution in [0.2, 0.25) is 0 Å². The number of carbonyl (C=O) groups excluding carboxylic acids is 2. The highest BCUT2D eigenvalue weighted by Gasteiger charge is 2.60. The minimum absolute atomic E-state index is 0.0223. The van der Waals surface area contributed by atoms with E-state index in [0.29, 0.717) is 6.54 Å². The van der Waals surface area contributed by atoms with Crippen molar-refractivity contribution < 1.29 is 14.3 Å². The van der Waals surface area contributed by atoms with Crippen LogP contribution in [0.5, 0.6) is 0 Å². The Hall–Kier alpha value is -1.35. The highest BCUT2D eigenvalue weighted by molar-refractivity contribution is 5.72. The molecule has 94 valence electrons. The van der Waals surface area contributed by atoms with Crippen molar-refractivity contribution >= 4 is 12.2 Å². The monoisotopic (exact) mass is 238 g/mol. The van der Waals surface area contributed by atoms with E-state index in [9.17, 15) is 9.59 Å². The van der Waals surface area contributed by atoms with Crippen molar-refractivity contribution in [2.24, 2.45) is 10.4 Å². The largest absolute Gasteiger partial charge is 0.453 e. The molecule has 1 saturated heterocycles. The van der Waals surface area contributed by atoms with Gasteiger partial charge in [-0.15, -0.1) is 0 Å². The Bertz CT molecular complexity index is 387. The van der Waals surface area contributed by atoms with E-state index in [2.05, 4.69) is 18.8 Å². The molecule has 1 spiro atoms. The van der Waals surface area contributed by atoms with Gasteiger partial charge < -0.3 is 4.74 Å². The van der Waals surface area contributed by atoms with Crippen molar-refractivity contribution in [3.63, 3.8) is 0 Å². The SMILES string of the molecule is COC(=O)N1CC12CC(N=C=O)CC(C)(C)C2. The Morgan fingerprint density at radius 3 is 2.76 bits per heavy atom. The van der Waals surface area contributed by atoms with E-state index in [0.717, 1.165) is 19.3 Å². The quantitative estimate of drug-likeness (QED) is 0.397. The minimum atomic E-state index is -0.281. The van der Waals surface area contributed by atoms with Gasteiger partial charge in [0.1, 0.15) is 0 Å². The number of hydrogen-bond donors (Lipinski definition) is 0. The van der Waals surface area contributed by atoms with Crippen LogP contribution in [0.15, 0.2) is 4.99 Å². The molecule has 1 heterocycles. The third-order valence-corrected chi connectivity index (χ3v) is 3.76. The third kappa shape index (κ3) is 2.20. The van der Waals surface area contributed by atoms with Crippen LogP contribution in [-0.2, 0) is 9.53 Å². The van der Waals surface area contributed by atoms with Gasteiger partial charge in [0.25, 0.3) is 0 Å². The van der Waals surface area contributed by atoms with E-state index in [1.165, 1.54) is 7.11 Å². The highest BCUT2D eigenvalue weighted by atomic mass is 16.5. The smallest absolute Gasteiger partial charge is 0.410 e. The van der Waals surface area contributed by atoms with E-state index in [1.54, 1.807) is 11.0 Å². The molecule has 1 aliphatic carbocycles. The van der Waals surface area contributed by atoms with Crippen molar-refractivity contribution in [3.8, 4) is 0 Å². The van der Waals surface area contributed by atoms with E-state index in [4.69, 9.17) is 4.74 Å². The summed E-state index contributed by atoms with van der Waals surface area (Å²) in [5.74, 6) is 0. The second kappa shape index (κ2) is 3.84. The third-order valence-electron chi connectivity index (χ3n) is 3.76. The molecule has 2 unspecified atom stereocenters. The van der Waals surface area contributed by atoms with Gasteiger partial charge in [-0.2, -0.15) is 0 Å². The minimum Gasteiger partial charge on any atom is -0.453 e. The standard InChI is InChI=1S/C12H18N2O3/c1-11(2)4-9(13-8-15)5-12(6-11)7-14(12)10(16)17-3/h9H,4-7H2,1-3H3. The van der Waals surface area contributed by atoms with Gasteiger partial charge in [0.2, 0.25) is 6.08 Å². The van der Waals surface area contributed by atoms with E-state index in [-0.39, 0.29) is 23.1 Å². The fourth-order valence-electron chi connectivity index (χ4n) is 3.30. The van der Waals surface area contributed by atoms with Gasteiger partial charge in [-0.3, -0.25) is 4.90 Å². The van der Waals surface area contributed by atoms with Crippen LogP contribution in [-0.4, -0.2) is 42.3 Å². The number of rotatable bonds is 1. The first-order valence-electron chi connectivity index (χ1n) is 5.85. The molecule has 2 rings (SSSR count). The molecule has 2 atom stereocenters. The zero-order valence-corrected chi connectivity index (χ0v) is 10.5. The van der Waals surface area contributed by atoms with Gasteiger partial charge >= 0.3 is 6.09 Å². The average Bonchev–Trinajstić information content (AvgIpc) is 2.88. The first-order chi connectivity index (χ1) is 7.92. The normalized spacial score (nSPS) is 34.1. The number of aliphatic imine (C=N–C) groups is 1. The second-order valence-corrected chi connectivity index (χ2v) is 5.90. The first kappa shape index (κ1) is 12.1. The summed E-state index contributed by atoms with van der Waals surface area (Å²) in [6.45, 7) is 5.01. The van der Waals surface area contributed by atoms with E-state index < -0.39 is 0 Å². The van der Waals surface area contributed by atoms with Crippen LogP contribution in [0.3, 0.4) is 0 Å². The zero-order valence-electron chi connectivity index (χ0n) is 10.5. The number of ether oxygens (including phenoxy) is 1. The molecule has 0 aromatic rings. The molecule has 1 saturated carbocycles. The lowest BCUT2D eigenvalue weighted by Gasteiger charge is -2.38. The highest BCUT2D eigenvalue weighted by Crippen LogP contribution is 2.52. The Kier molecular flexibility index (Phi) is 2.74. The predicted octanol–water partition coefficient (Wildman–Crippen LogP) is 1.72. The number of amides is 1. The Labute approximate surface area is 101 Å². The van der Waals surface area contributed by atoms with Crippen molar-refractivity contribution in [2.75, 3.05) is 13.7 Å². The molecule has 2 aliphatic rings. The first-order valence-corrected chi connectivity index (χ1v) is 5.85. The summed E-state index contributed by atoms with van der Waals surface area (Å²) >= 11 is 0. The lowest BCUT2D eigenvalue weighted by atomic mass is 9.69. The maximum absolute atomic E-state index is 11.5. The summed E-state index contributed by atoms with van der Waals surface area (Å²) < 4.78 is 4.74. The molecule has 17 heavy (non-hydrogen) atoms.